The van der Waals surface area contributed by atoms with E-state index < -0.39 is 23.2 Å². The highest BCUT2D eigenvalue weighted by atomic mass is 19.4. The monoisotopic (exact) mass is 524 g/mol. The van der Waals surface area contributed by atoms with Gasteiger partial charge in [0.05, 0.1) is 18.6 Å². The van der Waals surface area contributed by atoms with Gasteiger partial charge in [-0.05, 0) is 66.8 Å². The maximum atomic E-state index is 13.2. The van der Waals surface area contributed by atoms with Crippen LogP contribution in [0.4, 0.5) is 29.3 Å². The number of alkyl halides is 3. The van der Waals surface area contributed by atoms with Crippen molar-refractivity contribution in [2.75, 3.05) is 17.2 Å². The van der Waals surface area contributed by atoms with Crippen LogP contribution >= 0.6 is 0 Å². The van der Waals surface area contributed by atoms with Gasteiger partial charge in [-0.3, -0.25) is 9.59 Å². The SMILES string of the molecule is CCOC(=O)CC1(C)CCc2cc(-c3ccc(NC(=O)Nc4cccc(C(F)(F)F)c4)cc3)ccc2C1=O. The summed E-state index contributed by atoms with van der Waals surface area (Å²) in [6.45, 7) is 3.81. The molecule has 0 aliphatic heterocycles. The summed E-state index contributed by atoms with van der Waals surface area (Å²) in [6, 6.07) is 16.3. The fraction of sp³-hybridized carbons (Fsp3) is 0.276. The third kappa shape index (κ3) is 6.04. The third-order valence-electron chi connectivity index (χ3n) is 6.61. The predicted octanol–water partition coefficient (Wildman–Crippen LogP) is 7.10. The van der Waals surface area contributed by atoms with Gasteiger partial charge in [0, 0.05) is 22.4 Å². The Labute approximate surface area is 218 Å². The van der Waals surface area contributed by atoms with Crippen molar-refractivity contribution >= 4 is 29.2 Å². The van der Waals surface area contributed by atoms with Gasteiger partial charge in [-0.25, -0.2) is 4.79 Å². The number of nitrogens with one attached hydrogen (secondary N) is 2. The highest BCUT2D eigenvalue weighted by Gasteiger charge is 2.40. The Kier molecular flexibility index (Phi) is 7.57. The fourth-order valence-corrected chi connectivity index (χ4v) is 4.56. The molecule has 3 aromatic carbocycles. The van der Waals surface area contributed by atoms with E-state index in [0.717, 1.165) is 28.8 Å². The van der Waals surface area contributed by atoms with Gasteiger partial charge in [0.1, 0.15) is 0 Å². The predicted molar refractivity (Wildman–Crippen MR) is 138 cm³/mol. The van der Waals surface area contributed by atoms with Crippen LogP contribution in [0.2, 0.25) is 0 Å². The maximum Gasteiger partial charge on any atom is 0.416 e. The maximum absolute atomic E-state index is 13.2. The van der Waals surface area contributed by atoms with E-state index in [-0.39, 0.29) is 30.5 Å². The van der Waals surface area contributed by atoms with Crippen molar-refractivity contribution in [3.63, 3.8) is 0 Å². The Morgan fingerprint density at radius 1 is 0.947 bits per heavy atom. The van der Waals surface area contributed by atoms with E-state index in [9.17, 15) is 27.6 Å². The summed E-state index contributed by atoms with van der Waals surface area (Å²) >= 11 is 0. The molecule has 0 saturated heterocycles. The first-order valence-electron chi connectivity index (χ1n) is 12.2. The number of benzene rings is 3. The number of Topliss-reactive ketones (excluding diaryl/α,β-unsaturated/α-hetero) is 1. The number of amides is 2. The zero-order valence-electron chi connectivity index (χ0n) is 20.9. The Hall–Kier alpha value is -4.14. The van der Waals surface area contributed by atoms with E-state index in [0.29, 0.717) is 24.1 Å². The highest BCUT2D eigenvalue weighted by molar-refractivity contribution is 6.04. The molecule has 6 nitrogen and oxygen atoms in total. The average Bonchev–Trinajstić information content (AvgIpc) is 2.86. The molecule has 2 N–H and O–H groups in total. The van der Waals surface area contributed by atoms with E-state index in [2.05, 4.69) is 10.6 Å². The molecule has 0 fully saturated rings. The Balaban J connectivity index is 1.42. The summed E-state index contributed by atoms with van der Waals surface area (Å²) in [7, 11) is 0. The summed E-state index contributed by atoms with van der Waals surface area (Å²) < 4.78 is 43.7. The number of hydrogen-bond donors (Lipinski definition) is 2. The second-order valence-corrected chi connectivity index (χ2v) is 9.48. The van der Waals surface area contributed by atoms with Gasteiger partial charge in [0.15, 0.2) is 5.78 Å². The van der Waals surface area contributed by atoms with Crippen LogP contribution in [0.5, 0.6) is 0 Å². The number of carbonyl (C=O) groups is 3. The quantitative estimate of drug-likeness (QED) is 0.337. The Morgan fingerprint density at radius 3 is 2.32 bits per heavy atom. The Morgan fingerprint density at radius 2 is 1.63 bits per heavy atom. The molecule has 0 spiro atoms. The molecule has 0 radical (unpaired) electrons. The van der Waals surface area contributed by atoms with Crippen molar-refractivity contribution < 1.29 is 32.3 Å². The molecule has 1 unspecified atom stereocenters. The molecule has 0 heterocycles. The molecular weight excluding hydrogens is 497 g/mol. The van der Waals surface area contributed by atoms with Crippen LogP contribution < -0.4 is 10.6 Å². The lowest BCUT2D eigenvalue weighted by Gasteiger charge is -2.32. The van der Waals surface area contributed by atoms with Crippen molar-refractivity contribution in [2.45, 2.75) is 39.3 Å². The number of fused-ring (bicyclic) bond motifs is 1. The topological polar surface area (TPSA) is 84.5 Å². The summed E-state index contributed by atoms with van der Waals surface area (Å²) in [5, 5.41) is 5.00. The molecule has 9 heteroatoms. The zero-order chi connectivity index (χ0) is 27.5. The lowest BCUT2D eigenvalue weighted by molar-refractivity contribution is -0.145. The van der Waals surface area contributed by atoms with Gasteiger partial charge < -0.3 is 15.4 Å². The van der Waals surface area contributed by atoms with E-state index in [4.69, 9.17) is 4.74 Å². The van der Waals surface area contributed by atoms with Gasteiger partial charge in [0.25, 0.3) is 0 Å². The highest BCUT2D eigenvalue weighted by Crippen LogP contribution is 2.39. The second kappa shape index (κ2) is 10.7. The molecule has 4 rings (SSSR count). The minimum absolute atomic E-state index is 0.0240. The first kappa shape index (κ1) is 26.9. The van der Waals surface area contributed by atoms with Crippen LogP contribution in [-0.2, 0) is 22.1 Å². The number of anilines is 2. The van der Waals surface area contributed by atoms with Crippen LogP contribution in [0.1, 0.15) is 48.2 Å². The number of carbonyl (C=O) groups excluding carboxylic acids is 3. The van der Waals surface area contributed by atoms with Crippen LogP contribution in [0.15, 0.2) is 66.7 Å². The van der Waals surface area contributed by atoms with Crippen molar-refractivity contribution in [3.8, 4) is 11.1 Å². The van der Waals surface area contributed by atoms with Crippen molar-refractivity contribution in [1.29, 1.82) is 0 Å². The number of halogens is 3. The lowest BCUT2D eigenvalue weighted by atomic mass is 9.69. The molecule has 0 bridgehead atoms. The van der Waals surface area contributed by atoms with Gasteiger partial charge in [-0.1, -0.05) is 43.3 Å². The number of hydrogen-bond acceptors (Lipinski definition) is 4. The third-order valence-corrected chi connectivity index (χ3v) is 6.61. The largest absolute Gasteiger partial charge is 0.466 e. The van der Waals surface area contributed by atoms with Crippen molar-refractivity contribution in [2.24, 2.45) is 5.41 Å². The molecule has 198 valence electrons. The van der Waals surface area contributed by atoms with Gasteiger partial charge in [-0.2, -0.15) is 13.2 Å². The van der Waals surface area contributed by atoms with Crippen LogP contribution in [-0.4, -0.2) is 24.4 Å². The summed E-state index contributed by atoms with van der Waals surface area (Å²) in [6.07, 6.45) is -3.25. The number of ether oxygens (including phenoxy) is 1. The number of ketones is 1. The van der Waals surface area contributed by atoms with Crippen LogP contribution in [0.3, 0.4) is 0 Å². The van der Waals surface area contributed by atoms with Crippen molar-refractivity contribution in [1.82, 2.24) is 0 Å². The molecule has 0 aromatic heterocycles. The van der Waals surface area contributed by atoms with E-state index in [1.54, 1.807) is 44.2 Å². The van der Waals surface area contributed by atoms with E-state index in [1.807, 2.05) is 12.1 Å². The summed E-state index contributed by atoms with van der Waals surface area (Å²) in [4.78, 5) is 37.4. The number of urea groups is 1. The average molecular weight is 525 g/mol. The smallest absolute Gasteiger partial charge is 0.416 e. The Bertz CT molecular complexity index is 1370. The standard InChI is InChI=1S/C29H27F3N2O4/c1-3-38-25(35)17-28(2)14-13-20-15-19(9-12-24(20)26(28)36)18-7-10-22(11-8-18)33-27(37)34-23-6-4-5-21(16-23)29(30,31)32/h4-12,15-16H,3,13-14,17H2,1-2H3,(H2,33,34,37). The lowest BCUT2D eigenvalue weighted by Crippen LogP contribution is -2.36. The number of rotatable bonds is 6. The molecule has 38 heavy (non-hydrogen) atoms. The van der Waals surface area contributed by atoms with E-state index >= 15 is 0 Å². The van der Waals surface area contributed by atoms with Crippen LogP contribution in [0.25, 0.3) is 11.1 Å². The number of esters is 1. The molecule has 0 saturated carbocycles. The van der Waals surface area contributed by atoms with Gasteiger partial charge >= 0.3 is 18.2 Å². The van der Waals surface area contributed by atoms with Gasteiger partial charge in [0.2, 0.25) is 0 Å². The fourth-order valence-electron chi connectivity index (χ4n) is 4.56. The first-order valence-corrected chi connectivity index (χ1v) is 12.2. The molecule has 1 atom stereocenters. The minimum atomic E-state index is -4.50. The first-order chi connectivity index (χ1) is 18.0. The second-order valence-electron chi connectivity index (χ2n) is 9.48. The molecule has 3 aromatic rings. The molecular formula is C29H27F3N2O4. The zero-order valence-corrected chi connectivity index (χ0v) is 20.9. The van der Waals surface area contributed by atoms with Crippen molar-refractivity contribution in [3.05, 3.63) is 83.4 Å². The summed E-state index contributed by atoms with van der Waals surface area (Å²) in [5.74, 6) is -0.440. The molecule has 1 aliphatic carbocycles. The molecule has 2 amide bonds. The summed E-state index contributed by atoms with van der Waals surface area (Å²) in [5.41, 5.74) is 2.12. The van der Waals surface area contributed by atoms with Crippen LogP contribution in [0, 0.1) is 5.41 Å². The van der Waals surface area contributed by atoms with Gasteiger partial charge in [-0.15, -0.1) is 0 Å². The van der Waals surface area contributed by atoms with E-state index in [1.165, 1.54) is 12.1 Å². The minimum Gasteiger partial charge on any atom is -0.466 e. The normalized spacial score (nSPS) is 16.9. The number of aryl methyl sites for hydroxylation is 1. The molecule has 1 aliphatic rings.